The van der Waals surface area contributed by atoms with Crippen LogP contribution in [-0.2, 0) is 11.3 Å². The van der Waals surface area contributed by atoms with E-state index in [0.717, 1.165) is 35.3 Å². The predicted octanol–water partition coefficient (Wildman–Crippen LogP) is 1.42. The van der Waals surface area contributed by atoms with Gasteiger partial charge in [-0.3, -0.25) is 4.79 Å². The number of hydrogen-bond acceptors (Lipinski definition) is 3. The summed E-state index contributed by atoms with van der Waals surface area (Å²) in [6.07, 6.45) is 2.18. The first kappa shape index (κ1) is 12.9. The van der Waals surface area contributed by atoms with Gasteiger partial charge in [0.25, 0.3) is 5.91 Å². The molecule has 0 aliphatic heterocycles. The van der Waals surface area contributed by atoms with Gasteiger partial charge in [0.15, 0.2) is 6.61 Å². The summed E-state index contributed by atoms with van der Waals surface area (Å²) < 4.78 is 5.60. The first-order valence-electron chi connectivity index (χ1n) is 6.32. The number of carbonyl (C=O) groups excluding carboxylic acids is 1. The standard InChI is InChI=1S/C14H20N2O2/c1-9-5-11(7-15)6-10(2)14(9)18-8-13(17)16-12-3-4-12/h5-6,12H,3-4,7-8,15H2,1-2H3,(H,16,17). The molecule has 1 aliphatic rings. The molecule has 3 N–H and O–H groups in total. The van der Waals surface area contributed by atoms with Crippen LogP contribution in [0.4, 0.5) is 0 Å². The number of rotatable bonds is 5. The van der Waals surface area contributed by atoms with Gasteiger partial charge in [0.05, 0.1) is 0 Å². The third kappa shape index (κ3) is 3.23. The van der Waals surface area contributed by atoms with Gasteiger partial charge in [0, 0.05) is 12.6 Å². The minimum atomic E-state index is -0.0424. The zero-order chi connectivity index (χ0) is 13.1. The van der Waals surface area contributed by atoms with Crippen LogP contribution in [0.3, 0.4) is 0 Å². The highest BCUT2D eigenvalue weighted by molar-refractivity contribution is 5.78. The fourth-order valence-corrected chi connectivity index (χ4v) is 2.02. The van der Waals surface area contributed by atoms with Crippen molar-refractivity contribution in [3.63, 3.8) is 0 Å². The van der Waals surface area contributed by atoms with Gasteiger partial charge in [0.2, 0.25) is 0 Å². The average molecular weight is 248 g/mol. The zero-order valence-corrected chi connectivity index (χ0v) is 11.0. The first-order chi connectivity index (χ1) is 8.60. The topological polar surface area (TPSA) is 64.3 Å². The summed E-state index contributed by atoms with van der Waals surface area (Å²) in [6, 6.07) is 4.38. The number of nitrogens with two attached hydrogens (primary N) is 1. The second-order valence-corrected chi connectivity index (χ2v) is 4.89. The zero-order valence-electron chi connectivity index (χ0n) is 11.0. The highest BCUT2D eigenvalue weighted by Gasteiger charge is 2.23. The highest BCUT2D eigenvalue weighted by Crippen LogP contribution is 2.25. The van der Waals surface area contributed by atoms with Gasteiger partial charge < -0.3 is 15.8 Å². The van der Waals surface area contributed by atoms with Crippen molar-refractivity contribution in [2.24, 2.45) is 5.73 Å². The Balaban J connectivity index is 1.97. The van der Waals surface area contributed by atoms with E-state index in [4.69, 9.17) is 10.5 Å². The molecular formula is C14H20N2O2. The summed E-state index contributed by atoms with van der Waals surface area (Å²) in [4.78, 5) is 11.6. The molecule has 0 unspecified atom stereocenters. The summed E-state index contributed by atoms with van der Waals surface area (Å²) in [6.45, 7) is 4.55. The normalized spacial score (nSPS) is 14.4. The SMILES string of the molecule is Cc1cc(CN)cc(C)c1OCC(=O)NC1CC1. The lowest BCUT2D eigenvalue weighted by Gasteiger charge is -2.13. The third-order valence-electron chi connectivity index (χ3n) is 3.05. The summed E-state index contributed by atoms with van der Waals surface area (Å²) in [5.74, 6) is 0.748. The number of benzene rings is 1. The molecule has 98 valence electrons. The molecule has 2 rings (SSSR count). The second-order valence-electron chi connectivity index (χ2n) is 4.89. The predicted molar refractivity (Wildman–Crippen MR) is 70.5 cm³/mol. The molecule has 0 aromatic heterocycles. The van der Waals surface area contributed by atoms with E-state index in [1.54, 1.807) is 0 Å². The van der Waals surface area contributed by atoms with E-state index >= 15 is 0 Å². The number of aryl methyl sites for hydroxylation is 2. The lowest BCUT2D eigenvalue weighted by Crippen LogP contribution is -2.30. The monoisotopic (exact) mass is 248 g/mol. The maximum atomic E-state index is 11.6. The second kappa shape index (κ2) is 5.40. The molecular weight excluding hydrogens is 228 g/mol. The van der Waals surface area contributed by atoms with Crippen molar-refractivity contribution in [1.29, 1.82) is 0 Å². The van der Waals surface area contributed by atoms with Crippen LogP contribution >= 0.6 is 0 Å². The van der Waals surface area contributed by atoms with Crippen molar-refractivity contribution < 1.29 is 9.53 Å². The quantitative estimate of drug-likeness (QED) is 0.828. The Morgan fingerprint density at radius 2 is 2.00 bits per heavy atom. The molecule has 1 aliphatic carbocycles. The van der Waals surface area contributed by atoms with Crippen LogP contribution in [0.5, 0.6) is 5.75 Å². The Hall–Kier alpha value is -1.55. The molecule has 0 bridgehead atoms. The van der Waals surface area contributed by atoms with Crippen LogP contribution in [0.25, 0.3) is 0 Å². The van der Waals surface area contributed by atoms with Crippen LogP contribution in [0.2, 0.25) is 0 Å². The van der Waals surface area contributed by atoms with Crippen molar-refractivity contribution in [2.45, 2.75) is 39.3 Å². The minimum Gasteiger partial charge on any atom is -0.483 e. The van der Waals surface area contributed by atoms with E-state index < -0.39 is 0 Å². The van der Waals surface area contributed by atoms with Crippen molar-refractivity contribution in [3.8, 4) is 5.75 Å². The number of hydrogen-bond donors (Lipinski definition) is 2. The maximum absolute atomic E-state index is 11.6. The van der Waals surface area contributed by atoms with Crippen LogP contribution in [-0.4, -0.2) is 18.6 Å². The van der Waals surface area contributed by atoms with Gasteiger partial charge >= 0.3 is 0 Å². The van der Waals surface area contributed by atoms with Crippen LogP contribution in [0, 0.1) is 13.8 Å². The van der Waals surface area contributed by atoms with Gasteiger partial charge in [-0.1, -0.05) is 12.1 Å². The van der Waals surface area contributed by atoms with Crippen molar-refractivity contribution in [2.75, 3.05) is 6.61 Å². The van der Waals surface area contributed by atoms with Gasteiger partial charge in [-0.25, -0.2) is 0 Å². The molecule has 18 heavy (non-hydrogen) atoms. The van der Waals surface area contributed by atoms with E-state index in [2.05, 4.69) is 5.32 Å². The number of nitrogens with one attached hydrogen (secondary N) is 1. The molecule has 1 aromatic carbocycles. The molecule has 0 atom stereocenters. The van der Waals surface area contributed by atoms with Crippen molar-refractivity contribution in [3.05, 3.63) is 28.8 Å². The smallest absolute Gasteiger partial charge is 0.258 e. The fraction of sp³-hybridized carbons (Fsp3) is 0.500. The molecule has 1 saturated carbocycles. The fourth-order valence-electron chi connectivity index (χ4n) is 2.02. The Labute approximate surface area is 108 Å². The van der Waals surface area contributed by atoms with Crippen LogP contribution in [0.1, 0.15) is 29.5 Å². The van der Waals surface area contributed by atoms with E-state index in [9.17, 15) is 4.79 Å². The molecule has 4 nitrogen and oxygen atoms in total. The van der Waals surface area contributed by atoms with E-state index in [0.29, 0.717) is 12.6 Å². The first-order valence-corrected chi connectivity index (χ1v) is 6.32. The summed E-state index contributed by atoms with van der Waals surface area (Å²) >= 11 is 0. The van der Waals surface area contributed by atoms with Crippen molar-refractivity contribution in [1.82, 2.24) is 5.32 Å². The van der Waals surface area contributed by atoms with Gasteiger partial charge in [-0.2, -0.15) is 0 Å². The molecule has 0 saturated heterocycles. The Morgan fingerprint density at radius 3 is 2.50 bits per heavy atom. The molecule has 0 radical (unpaired) electrons. The van der Waals surface area contributed by atoms with Crippen molar-refractivity contribution >= 4 is 5.91 Å². The number of carbonyl (C=O) groups is 1. The molecule has 4 heteroatoms. The third-order valence-corrected chi connectivity index (χ3v) is 3.05. The molecule has 0 spiro atoms. The number of amides is 1. The summed E-state index contributed by atoms with van der Waals surface area (Å²) in [5.41, 5.74) is 8.75. The largest absolute Gasteiger partial charge is 0.483 e. The lowest BCUT2D eigenvalue weighted by atomic mass is 10.1. The average Bonchev–Trinajstić information content (AvgIpc) is 3.11. The van der Waals surface area contributed by atoms with Gasteiger partial charge in [0.1, 0.15) is 5.75 Å². The van der Waals surface area contributed by atoms with E-state index in [1.807, 2.05) is 26.0 Å². The molecule has 1 fully saturated rings. The molecule has 0 heterocycles. The minimum absolute atomic E-state index is 0.0424. The summed E-state index contributed by atoms with van der Waals surface area (Å²) in [7, 11) is 0. The molecule has 1 amide bonds. The highest BCUT2D eigenvalue weighted by atomic mass is 16.5. The van der Waals surface area contributed by atoms with Crippen LogP contribution in [0.15, 0.2) is 12.1 Å². The van der Waals surface area contributed by atoms with Gasteiger partial charge in [-0.15, -0.1) is 0 Å². The Bertz CT molecular complexity index is 430. The van der Waals surface area contributed by atoms with Gasteiger partial charge in [-0.05, 0) is 43.4 Å². The molecule has 1 aromatic rings. The lowest BCUT2D eigenvalue weighted by molar-refractivity contribution is -0.123. The number of ether oxygens (including phenoxy) is 1. The summed E-state index contributed by atoms with van der Waals surface area (Å²) in [5, 5.41) is 2.90. The van der Waals surface area contributed by atoms with E-state index in [-0.39, 0.29) is 12.5 Å². The Morgan fingerprint density at radius 1 is 1.39 bits per heavy atom. The maximum Gasteiger partial charge on any atom is 0.258 e. The Kier molecular flexibility index (Phi) is 3.87. The van der Waals surface area contributed by atoms with Crippen LogP contribution < -0.4 is 15.8 Å². The van der Waals surface area contributed by atoms with E-state index in [1.165, 1.54) is 0 Å².